The van der Waals surface area contributed by atoms with E-state index in [4.69, 9.17) is 16.7 Å². The molecule has 2 N–H and O–H groups in total. The Morgan fingerprint density at radius 3 is 2.68 bits per heavy atom. The summed E-state index contributed by atoms with van der Waals surface area (Å²) in [5.41, 5.74) is 0.309. The number of amides is 1. The molecular formula is C16H18ClFN4O3. The quantitative estimate of drug-likeness (QED) is 0.817. The standard InChI is InChI=1S/C16H18ClFN4O3/c1-9-14(15(25)19-16(2,3)7-6-13(23)24)20-21-22(9)10-4-5-12(18)11(17)8-10/h4-5,8H,6-7H2,1-3H3,(H,19,25)(H,23,24). The molecule has 134 valence electrons. The molecule has 0 saturated carbocycles. The number of rotatable bonds is 6. The van der Waals surface area contributed by atoms with Crippen molar-refractivity contribution in [1.82, 2.24) is 20.3 Å². The number of benzene rings is 1. The summed E-state index contributed by atoms with van der Waals surface area (Å²) in [6.45, 7) is 5.11. The van der Waals surface area contributed by atoms with Crippen LogP contribution in [0.3, 0.4) is 0 Å². The molecule has 7 nitrogen and oxygen atoms in total. The van der Waals surface area contributed by atoms with Gasteiger partial charge in [0.25, 0.3) is 5.91 Å². The Hall–Kier alpha value is -2.48. The van der Waals surface area contributed by atoms with E-state index in [0.29, 0.717) is 11.4 Å². The van der Waals surface area contributed by atoms with Gasteiger partial charge in [-0.15, -0.1) is 5.10 Å². The average Bonchev–Trinajstić information content (AvgIpc) is 2.89. The summed E-state index contributed by atoms with van der Waals surface area (Å²) in [7, 11) is 0. The van der Waals surface area contributed by atoms with Crippen LogP contribution in [0.15, 0.2) is 18.2 Å². The van der Waals surface area contributed by atoms with Crippen molar-refractivity contribution < 1.29 is 19.1 Å². The minimum atomic E-state index is -0.933. The molecule has 1 amide bonds. The highest BCUT2D eigenvalue weighted by Crippen LogP contribution is 2.20. The summed E-state index contributed by atoms with van der Waals surface area (Å²) < 4.78 is 14.7. The molecule has 9 heteroatoms. The fourth-order valence-electron chi connectivity index (χ4n) is 2.25. The van der Waals surface area contributed by atoms with Crippen molar-refractivity contribution in [3.05, 3.63) is 40.4 Å². The molecule has 1 aromatic carbocycles. The molecule has 1 aromatic heterocycles. The maximum absolute atomic E-state index is 13.3. The molecule has 2 rings (SSSR count). The predicted octanol–water partition coefficient (Wildman–Crippen LogP) is 2.74. The third-order valence-corrected chi connectivity index (χ3v) is 3.96. The van der Waals surface area contributed by atoms with Crippen molar-refractivity contribution in [3.63, 3.8) is 0 Å². The second-order valence-electron chi connectivity index (χ2n) is 6.27. The lowest BCUT2D eigenvalue weighted by Crippen LogP contribution is -2.44. The molecule has 0 radical (unpaired) electrons. The van der Waals surface area contributed by atoms with Gasteiger partial charge in [-0.25, -0.2) is 9.07 Å². The minimum Gasteiger partial charge on any atom is -0.481 e. The Kier molecular flexibility index (Phi) is 5.42. The van der Waals surface area contributed by atoms with E-state index in [1.54, 1.807) is 20.8 Å². The summed E-state index contributed by atoms with van der Waals surface area (Å²) in [5.74, 6) is -1.95. The second kappa shape index (κ2) is 7.18. The predicted molar refractivity (Wildman–Crippen MR) is 89.5 cm³/mol. The molecule has 0 fully saturated rings. The van der Waals surface area contributed by atoms with Crippen molar-refractivity contribution in [1.29, 1.82) is 0 Å². The van der Waals surface area contributed by atoms with Gasteiger partial charge in [0.15, 0.2) is 5.69 Å². The second-order valence-corrected chi connectivity index (χ2v) is 6.67. The van der Waals surface area contributed by atoms with Crippen LogP contribution in [-0.2, 0) is 4.79 Å². The molecule has 0 bridgehead atoms. The molecule has 0 spiro atoms. The van der Waals surface area contributed by atoms with Crippen LogP contribution >= 0.6 is 11.6 Å². The zero-order chi connectivity index (χ0) is 18.8. The SMILES string of the molecule is Cc1c(C(=O)NC(C)(C)CCC(=O)O)nnn1-c1ccc(F)c(Cl)c1. The molecule has 0 aliphatic carbocycles. The van der Waals surface area contributed by atoms with Crippen molar-refractivity contribution in [3.8, 4) is 5.69 Å². The van der Waals surface area contributed by atoms with Gasteiger partial charge in [-0.05, 0) is 45.4 Å². The Bertz CT molecular complexity index is 820. The fraction of sp³-hybridized carbons (Fsp3) is 0.375. The highest BCUT2D eigenvalue weighted by Gasteiger charge is 2.25. The molecule has 0 unspecified atom stereocenters. The van der Waals surface area contributed by atoms with Crippen LogP contribution in [0.25, 0.3) is 5.69 Å². The first-order chi connectivity index (χ1) is 11.6. The largest absolute Gasteiger partial charge is 0.481 e. The lowest BCUT2D eigenvalue weighted by molar-refractivity contribution is -0.137. The molecule has 2 aromatic rings. The normalized spacial score (nSPS) is 11.4. The lowest BCUT2D eigenvalue weighted by atomic mass is 9.98. The van der Waals surface area contributed by atoms with Crippen molar-refractivity contribution in [2.24, 2.45) is 0 Å². The molecule has 1 heterocycles. The van der Waals surface area contributed by atoms with E-state index in [1.165, 1.54) is 22.9 Å². The summed E-state index contributed by atoms with van der Waals surface area (Å²) in [4.78, 5) is 23.1. The number of carboxylic acids is 1. The average molecular weight is 369 g/mol. The summed E-state index contributed by atoms with van der Waals surface area (Å²) >= 11 is 5.77. The lowest BCUT2D eigenvalue weighted by Gasteiger charge is -2.25. The van der Waals surface area contributed by atoms with E-state index >= 15 is 0 Å². The number of nitrogens with one attached hydrogen (secondary N) is 1. The monoisotopic (exact) mass is 368 g/mol. The number of nitrogens with zero attached hydrogens (tertiary/aromatic N) is 3. The minimum absolute atomic E-state index is 0.0618. The van der Waals surface area contributed by atoms with Gasteiger partial charge in [-0.3, -0.25) is 9.59 Å². The number of aliphatic carboxylic acids is 1. The summed E-state index contributed by atoms with van der Waals surface area (Å²) in [5, 5.41) is 19.2. The van der Waals surface area contributed by atoms with Crippen LogP contribution in [0, 0.1) is 12.7 Å². The number of carbonyl (C=O) groups is 2. The van der Waals surface area contributed by atoms with Crippen LogP contribution < -0.4 is 5.32 Å². The van der Waals surface area contributed by atoms with Gasteiger partial charge < -0.3 is 10.4 Å². The molecular weight excluding hydrogens is 351 g/mol. The van der Waals surface area contributed by atoms with Crippen LogP contribution in [0.4, 0.5) is 4.39 Å². The van der Waals surface area contributed by atoms with Gasteiger partial charge in [0.1, 0.15) is 5.82 Å². The number of halogens is 2. The maximum Gasteiger partial charge on any atom is 0.303 e. The zero-order valence-corrected chi connectivity index (χ0v) is 14.8. The van der Waals surface area contributed by atoms with E-state index in [9.17, 15) is 14.0 Å². The van der Waals surface area contributed by atoms with Crippen LogP contribution in [-0.4, -0.2) is 37.5 Å². The van der Waals surface area contributed by atoms with Crippen molar-refractivity contribution in [2.45, 2.75) is 39.2 Å². The molecule has 25 heavy (non-hydrogen) atoms. The Morgan fingerprint density at radius 2 is 2.08 bits per heavy atom. The number of hydrogen-bond donors (Lipinski definition) is 2. The maximum atomic E-state index is 13.3. The van der Waals surface area contributed by atoms with Crippen LogP contribution in [0.1, 0.15) is 42.9 Å². The van der Waals surface area contributed by atoms with Crippen molar-refractivity contribution >= 4 is 23.5 Å². The van der Waals surface area contributed by atoms with Gasteiger partial charge in [0.2, 0.25) is 0 Å². The van der Waals surface area contributed by atoms with E-state index in [2.05, 4.69) is 15.6 Å². The van der Waals surface area contributed by atoms with E-state index in [-0.39, 0.29) is 23.6 Å². The summed E-state index contributed by atoms with van der Waals surface area (Å²) in [6.07, 6.45) is 0.210. The van der Waals surface area contributed by atoms with E-state index in [0.717, 1.165) is 0 Å². The number of hydrogen-bond acceptors (Lipinski definition) is 4. The Morgan fingerprint density at radius 1 is 1.40 bits per heavy atom. The topological polar surface area (TPSA) is 97.1 Å². The zero-order valence-electron chi connectivity index (χ0n) is 14.0. The Labute approximate surface area is 148 Å². The van der Waals surface area contributed by atoms with Gasteiger partial charge in [0.05, 0.1) is 16.4 Å². The molecule has 0 atom stereocenters. The van der Waals surface area contributed by atoms with E-state index in [1.807, 2.05) is 0 Å². The Balaban J connectivity index is 2.21. The highest BCUT2D eigenvalue weighted by molar-refractivity contribution is 6.30. The third-order valence-electron chi connectivity index (χ3n) is 3.67. The molecule has 0 saturated heterocycles. The number of carbonyl (C=O) groups excluding carboxylic acids is 1. The first-order valence-electron chi connectivity index (χ1n) is 7.53. The molecule has 0 aliphatic heterocycles. The fourth-order valence-corrected chi connectivity index (χ4v) is 2.42. The molecule has 0 aliphatic rings. The number of aromatic nitrogens is 3. The van der Waals surface area contributed by atoms with Crippen LogP contribution in [0.2, 0.25) is 5.02 Å². The smallest absolute Gasteiger partial charge is 0.303 e. The van der Waals surface area contributed by atoms with Crippen molar-refractivity contribution in [2.75, 3.05) is 0 Å². The first kappa shape index (κ1) is 18.9. The first-order valence-corrected chi connectivity index (χ1v) is 7.90. The third kappa shape index (κ3) is 4.54. The highest BCUT2D eigenvalue weighted by atomic mass is 35.5. The number of carboxylic acid groups (broad SMARTS) is 1. The van der Waals surface area contributed by atoms with Gasteiger partial charge in [-0.2, -0.15) is 0 Å². The summed E-state index contributed by atoms with van der Waals surface area (Å²) in [6, 6.07) is 4.06. The van der Waals surface area contributed by atoms with E-state index < -0.39 is 23.2 Å². The van der Waals surface area contributed by atoms with Gasteiger partial charge >= 0.3 is 5.97 Å². The van der Waals surface area contributed by atoms with Gasteiger partial charge in [-0.1, -0.05) is 16.8 Å². The van der Waals surface area contributed by atoms with Gasteiger partial charge in [0, 0.05) is 12.0 Å². The van der Waals surface area contributed by atoms with Crippen LogP contribution in [0.5, 0.6) is 0 Å².